The van der Waals surface area contributed by atoms with Gasteiger partial charge in [0.2, 0.25) is 0 Å². The first-order valence-corrected chi connectivity index (χ1v) is 5.18. The van der Waals surface area contributed by atoms with Crippen molar-refractivity contribution in [2.75, 3.05) is 6.61 Å². The van der Waals surface area contributed by atoms with E-state index in [1.807, 2.05) is 0 Å². The average Bonchev–Trinajstić information content (AvgIpc) is 2.27. The fourth-order valence-corrected chi connectivity index (χ4v) is 1.39. The number of hydrogen-bond donors (Lipinski definition) is 2. The van der Waals surface area contributed by atoms with Gasteiger partial charge in [-0.1, -0.05) is 11.6 Å². The summed E-state index contributed by atoms with van der Waals surface area (Å²) in [5.41, 5.74) is -0.163. The Bertz CT molecular complexity index is 450. The van der Waals surface area contributed by atoms with Crippen LogP contribution in [0.3, 0.4) is 0 Å². The molecule has 1 rings (SSSR count). The van der Waals surface area contributed by atoms with Crippen molar-refractivity contribution in [1.29, 1.82) is 0 Å². The lowest BCUT2D eigenvalue weighted by Gasteiger charge is -2.10. The molecular weight excluding hydrogens is 248 g/mol. The Morgan fingerprint density at radius 2 is 2.24 bits per heavy atom. The Labute approximate surface area is 102 Å². The largest absolute Gasteiger partial charge is 0.394 e. The highest BCUT2D eigenvalue weighted by molar-refractivity contribution is 6.31. The molecule has 2 N–H and O–H groups in total. The maximum absolute atomic E-state index is 11.6. The van der Waals surface area contributed by atoms with Crippen LogP contribution in [-0.2, 0) is 0 Å². The summed E-state index contributed by atoms with van der Waals surface area (Å²) in [7, 11) is 0. The molecule has 0 aliphatic rings. The van der Waals surface area contributed by atoms with E-state index >= 15 is 0 Å². The molecule has 1 aromatic carbocycles. The number of amides is 1. The van der Waals surface area contributed by atoms with Crippen molar-refractivity contribution in [3.63, 3.8) is 0 Å². The second-order valence-electron chi connectivity index (χ2n) is 3.51. The number of aliphatic hydroxyl groups excluding tert-OH is 1. The van der Waals surface area contributed by atoms with Gasteiger partial charge >= 0.3 is 0 Å². The monoisotopic (exact) mass is 258 g/mol. The quantitative estimate of drug-likeness (QED) is 0.630. The summed E-state index contributed by atoms with van der Waals surface area (Å²) in [5.74, 6) is -0.517. The lowest BCUT2D eigenvalue weighted by atomic mass is 10.2. The number of nitro benzene ring substituents is 1. The SMILES string of the molecule is CC(CO)NC(=O)c1cc(Cl)cc([N+](=O)[O-])c1. The number of halogens is 1. The van der Waals surface area contributed by atoms with Gasteiger partial charge in [-0.2, -0.15) is 0 Å². The predicted octanol–water partition coefficient (Wildman–Crippen LogP) is 1.36. The van der Waals surface area contributed by atoms with Crippen molar-refractivity contribution in [1.82, 2.24) is 5.32 Å². The summed E-state index contributed by atoms with van der Waals surface area (Å²) in [6.45, 7) is 1.39. The third-order valence-electron chi connectivity index (χ3n) is 2.01. The molecule has 1 aromatic rings. The lowest BCUT2D eigenvalue weighted by molar-refractivity contribution is -0.384. The molecule has 0 aliphatic heterocycles. The van der Waals surface area contributed by atoms with Crippen LogP contribution in [0.2, 0.25) is 5.02 Å². The molecule has 0 bridgehead atoms. The van der Waals surface area contributed by atoms with Gasteiger partial charge in [-0.25, -0.2) is 0 Å². The smallest absolute Gasteiger partial charge is 0.271 e. The summed E-state index contributed by atoms with van der Waals surface area (Å²) in [5, 5.41) is 21.9. The van der Waals surface area contributed by atoms with Crippen LogP contribution in [0.15, 0.2) is 18.2 Å². The van der Waals surface area contributed by atoms with Crippen LogP contribution in [0.25, 0.3) is 0 Å². The normalized spacial score (nSPS) is 11.9. The maximum Gasteiger partial charge on any atom is 0.271 e. The zero-order chi connectivity index (χ0) is 13.0. The Morgan fingerprint density at radius 1 is 1.59 bits per heavy atom. The molecule has 17 heavy (non-hydrogen) atoms. The number of carbonyl (C=O) groups excluding carboxylic acids is 1. The molecule has 7 heteroatoms. The first-order chi connectivity index (χ1) is 7.93. The van der Waals surface area contributed by atoms with Crippen LogP contribution in [-0.4, -0.2) is 28.6 Å². The Kier molecular flexibility index (Phi) is 4.42. The maximum atomic E-state index is 11.6. The minimum absolute atomic E-state index is 0.0875. The van der Waals surface area contributed by atoms with Gasteiger partial charge in [0, 0.05) is 28.8 Å². The number of benzene rings is 1. The average molecular weight is 259 g/mol. The second kappa shape index (κ2) is 5.60. The second-order valence-corrected chi connectivity index (χ2v) is 3.95. The van der Waals surface area contributed by atoms with E-state index in [4.69, 9.17) is 16.7 Å². The lowest BCUT2D eigenvalue weighted by Crippen LogP contribution is -2.34. The molecule has 6 nitrogen and oxygen atoms in total. The van der Waals surface area contributed by atoms with Crippen LogP contribution in [0.1, 0.15) is 17.3 Å². The van der Waals surface area contributed by atoms with Crippen LogP contribution < -0.4 is 5.32 Å². The number of nitrogens with one attached hydrogen (secondary N) is 1. The Morgan fingerprint density at radius 3 is 2.76 bits per heavy atom. The van der Waals surface area contributed by atoms with E-state index in [9.17, 15) is 14.9 Å². The van der Waals surface area contributed by atoms with E-state index in [1.165, 1.54) is 6.07 Å². The number of nitro groups is 1. The van der Waals surface area contributed by atoms with E-state index in [0.29, 0.717) is 0 Å². The van der Waals surface area contributed by atoms with Crippen molar-refractivity contribution < 1.29 is 14.8 Å². The molecule has 1 amide bonds. The summed E-state index contributed by atoms with van der Waals surface area (Å²) >= 11 is 5.67. The molecule has 0 heterocycles. The molecule has 1 atom stereocenters. The zero-order valence-corrected chi connectivity index (χ0v) is 9.77. The first-order valence-electron chi connectivity index (χ1n) is 4.80. The van der Waals surface area contributed by atoms with Gasteiger partial charge in [0.15, 0.2) is 0 Å². The predicted molar refractivity (Wildman–Crippen MR) is 62.1 cm³/mol. The van der Waals surface area contributed by atoms with Gasteiger partial charge < -0.3 is 10.4 Å². The fraction of sp³-hybridized carbons (Fsp3) is 0.300. The summed E-state index contributed by atoms with van der Waals surface area (Å²) in [6, 6.07) is 3.19. The first kappa shape index (κ1) is 13.4. The standard InChI is InChI=1S/C10H11ClN2O4/c1-6(5-14)12-10(15)7-2-8(11)4-9(3-7)13(16)17/h2-4,6,14H,5H2,1H3,(H,12,15). The Hall–Kier alpha value is -1.66. The fourth-order valence-electron chi connectivity index (χ4n) is 1.16. The van der Waals surface area contributed by atoms with Crippen LogP contribution >= 0.6 is 11.6 Å². The van der Waals surface area contributed by atoms with E-state index in [2.05, 4.69) is 5.32 Å². The van der Waals surface area contributed by atoms with Gasteiger partial charge in [-0.15, -0.1) is 0 Å². The van der Waals surface area contributed by atoms with Crippen LogP contribution in [0, 0.1) is 10.1 Å². The van der Waals surface area contributed by atoms with Crippen molar-refractivity contribution in [2.24, 2.45) is 0 Å². The van der Waals surface area contributed by atoms with E-state index in [-0.39, 0.29) is 22.9 Å². The number of aliphatic hydroxyl groups is 1. The number of rotatable bonds is 4. The van der Waals surface area contributed by atoms with Gasteiger partial charge in [0.05, 0.1) is 11.5 Å². The summed E-state index contributed by atoms with van der Waals surface area (Å²) in [6.07, 6.45) is 0. The highest BCUT2D eigenvalue weighted by Crippen LogP contribution is 2.20. The number of non-ortho nitro benzene ring substituents is 1. The van der Waals surface area contributed by atoms with Gasteiger partial charge in [-0.3, -0.25) is 14.9 Å². The molecule has 1 unspecified atom stereocenters. The molecule has 0 saturated carbocycles. The molecule has 0 aromatic heterocycles. The molecule has 0 spiro atoms. The van der Waals surface area contributed by atoms with E-state index < -0.39 is 16.9 Å². The Balaban J connectivity index is 2.97. The highest BCUT2D eigenvalue weighted by Gasteiger charge is 2.15. The van der Waals surface area contributed by atoms with Crippen molar-refractivity contribution >= 4 is 23.2 Å². The van der Waals surface area contributed by atoms with Crippen LogP contribution in [0.4, 0.5) is 5.69 Å². The molecule has 0 fully saturated rings. The van der Waals surface area contributed by atoms with Crippen LogP contribution in [0.5, 0.6) is 0 Å². The van der Waals surface area contributed by atoms with Gasteiger partial charge in [-0.05, 0) is 13.0 Å². The molecular formula is C10H11ClN2O4. The zero-order valence-electron chi connectivity index (χ0n) is 9.01. The van der Waals surface area contributed by atoms with Crippen molar-refractivity contribution in [2.45, 2.75) is 13.0 Å². The molecule has 0 radical (unpaired) electrons. The minimum Gasteiger partial charge on any atom is -0.394 e. The summed E-state index contributed by atoms with van der Waals surface area (Å²) in [4.78, 5) is 21.6. The molecule has 0 aliphatic carbocycles. The van der Waals surface area contributed by atoms with Gasteiger partial charge in [0.25, 0.3) is 11.6 Å². The number of carbonyl (C=O) groups is 1. The molecule has 92 valence electrons. The number of nitrogens with zero attached hydrogens (tertiary/aromatic N) is 1. The third kappa shape index (κ3) is 3.69. The van der Waals surface area contributed by atoms with Gasteiger partial charge in [0.1, 0.15) is 0 Å². The van der Waals surface area contributed by atoms with Crippen molar-refractivity contribution in [3.05, 3.63) is 38.9 Å². The van der Waals surface area contributed by atoms with E-state index in [1.54, 1.807) is 6.92 Å². The van der Waals surface area contributed by atoms with Crippen molar-refractivity contribution in [3.8, 4) is 0 Å². The topological polar surface area (TPSA) is 92.5 Å². The molecule has 0 saturated heterocycles. The van der Waals surface area contributed by atoms with E-state index in [0.717, 1.165) is 12.1 Å². The number of hydrogen-bond acceptors (Lipinski definition) is 4. The third-order valence-corrected chi connectivity index (χ3v) is 2.23. The minimum atomic E-state index is -0.627. The highest BCUT2D eigenvalue weighted by atomic mass is 35.5. The summed E-state index contributed by atoms with van der Waals surface area (Å²) < 4.78 is 0.